The Hall–Kier alpha value is -3.49. The van der Waals surface area contributed by atoms with Crippen LogP contribution in [0.15, 0.2) is 42.5 Å². The molecule has 0 aliphatic carbocycles. The van der Waals surface area contributed by atoms with Crippen LogP contribution in [0.25, 0.3) is 11.4 Å². The quantitative estimate of drug-likeness (QED) is 0.686. The van der Waals surface area contributed by atoms with E-state index in [1.807, 2.05) is 6.92 Å². The fraction of sp³-hybridized carbons (Fsp3) is 0.222. The molecule has 8 nitrogen and oxygen atoms in total. The van der Waals surface area contributed by atoms with Gasteiger partial charge in [-0.3, -0.25) is 4.79 Å². The van der Waals surface area contributed by atoms with Crippen molar-refractivity contribution in [2.45, 2.75) is 13.5 Å². The second-order valence-corrected chi connectivity index (χ2v) is 5.50. The van der Waals surface area contributed by atoms with Crippen LogP contribution in [0.4, 0.5) is 10.1 Å². The Bertz CT molecular complexity index is 927. The number of methoxy groups -OCH3 is 1. The molecule has 27 heavy (non-hydrogen) atoms. The Morgan fingerprint density at radius 1 is 1.19 bits per heavy atom. The first-order valence-electron chi connectivity index (χ1n) is 8.23. The number of benzene rings is 2. The van der Waals surface area contributed by atoms with Crippen molar-refractivity contribution >= 4 is 11.6 Å². The summed E-state index contributed by atoms with van der Waals surface area (Å²) in [5, 5.41) is 14.7. The van der Waals surface area contributed by atoms with E-state index in [4.69, 9.17) is 9.47 Å². The molecule has 1 amide bonds. The maximum absolute atomic E-state index is 12.9. The lowest BCUT2D eigenvalue weighted by molar-refractivity contribution is -0.117. The highest BCUT2D eigenvalue weighted by Gasteiger charge is 2.13. The molecule has 0 aliphatic rings. The number of hydrogen-bond acceptors (Lipinski definition) is 6. The minimum Gasteiger partial charge on any atom is -0.493 e. The fourth-order valence-corrected chi connectivity index (χ4v) is 2.37. The third-order valence-electron chi connectivity index (χ3n) is 3.59. The van der Waals surface area contributed by atoms with Gasteiger partial charge < -0.3 is 14.8 Å². The van der Waals surface area contributed by atoms with Gasteiger partial charge in [-0.05, 0) is 54.6 Å². The van der Waals surface area contributed by atoms with Crippen LogP contribution in [-0.4, -0.2) is 39.8 Å². The maximum Gasteiger partial charge on any atom is 0.248 e. The molecular formula is C18H18FN5O3. The van der Waals surface area contributed by atoms with Crippen LogP contribution >= 0.6 is 0 Å². The largest absolute Gasteiger partial charge is 0.493 e. The summed E-state index contributed by atoms with van der Waals surface area (Å²) in [6, 6.07) is 10.8. The average Bonchev–Trinajstić information content (AvgIpc) is 3.12. The normalized spacial score (nSPS) is 10.5. The highest BCUT2D eigenvalue weighted by atomic mass is 19.1. The summed E-state index contributed by atoms with van der Waals surface area (Å²) in [6.45, 7) is 2.24. The summed E-state index contributed by atoms with van der Waals surface area (Å²) in [4.78, 5) is 13.2. The van der Waals surface area contributed by atoms with Gasteiger partial charge in [-0.15, -0.1) is 10.2 Å². The summed E-state index contributed by atoms with van der Waals surface area (Å²) in [7, 11) is 1.56. The minimum atomic E-state index is -0.374. The summed E-state index contributed by atoms with van der Waals surface area (Å²) in [5.41, 5.74) is 1.17. The van der Waals surface area contributed by atoms with Crippen molar-refractivity contribution in [1.82, 2.24) is 20.2 Å². The van der Waals surface area contributed by atoms with Gasteiger partial charge in [0.1, 0.15) is 12.4 Å². The first-order chi connectivity index (χ1) is 13.1. The predicted octanol–water partition coefficient (Wildman–Crippen LogP) is 2.53. The number of rotatable bonds is 7. The van der Waals surface area contributed by atoms with E-state index in [0.717, 1.165) is 0 Å². The smallest absolute Gasteiger partial charge is 0.248 e. The van der Waals surface area contributed by atoms with Gasteiger partial charge in [0.25, 0.3) is 0 Å². The molecule has 0 fully saturated rings. The molecule has 3 rings (SSSR count). The predicted molar refractivity (Wildman–Crippen MR) is 96.0 cm³/mol. The van der Waals surface area contributed by atoms with Gasteiger partial charge in [0, 0.05) is 11.3 Å². The number of hydrogen-bond donors (Lipinski definition) is 1. The lowest BCUT2D eigenvalue weighted by atomic mass is 10.2. The number of nitrogens with zero attached hydrogens (tertiary/aromatic N) is 4. The van der Waals surface area contributed by atoms with Crippen molar-refractivity contribution in [3.8, 4) is 22.9 Å². The second-order valence-electron chi connectivity index (χ2n) is 5.50. The highest BCUT2D eigenvalue weighted by molar-refractivity contribution is 5.90. The van der Waals surface area contributed by atoms with Gasteiger partial charge in [-0.1, -0.05) is 0 Å². The number of halogens is 1. The van der Waals surface area contributed by atoms with Crippen LogP contribution < -0.4 is 14.8 Å². The molecule has 2 aromatic carbocycles. The lowest BCUT2D eigenvalue weighted by Gasteiger charge is -2.09. The third-order valence-corrected chi connectivity index (χ3v) is 3.59. The fourth-order valence-electron chi connectivity index (χ4n) is 2.37. The summed E-state index contributed by atoms with van der Waals surface area (Å²) < 4.78 is 23.7. The second kappa shape index (κ2) is 8.26. The lowest BCUT2D eigenvalue weighted by Crippen LogP contribution is -2.20. The van der Waals surface area contributed by atoms with Crippen molar-refractivity contribution < 1.29 is 18.7 Å². The third kappa shape index (κ3) is 4.57. The monoisotopic (exact) mass is 371 g/mol. The summed E-state index contributed by atoms with van der Waals surface area (Å²) in [5.74, 6) is 0.805. The molecule has 3 aromatic rings. The van der Waals surface area contributed by atoms with E-state index in [0.29, 0.717) is 35.2 Å². The topological polar surface area (TPSA) is 91.2 Å². The van der Waals surface area contributed by atoms with Gasteiger partial charge >= 0.3 is 0 Å². The number of tetrazole rings is 1. The van der Waals surface area contributed by atoms with E-state index >= 15 is 0 Å². The number of amides is 1. The average molecular weight is 371 g/mol. The molecule has 0 bridgehead atoms. The molecule has 0 aliphatic heterocycles. The van der Waals surface area contributed by atoms with E-state index in [2.05, 4.69) is 20.7 Å². The standard InChI is InChI=1S/C18H18FN5O3/c1-3-27-16-10-12(4-9-15(16)26-2)18-21-23-24(22-18)11-17(25)20-14-7-5-13(19)6-8-14/h4-10H,3,11H2,1-2H3,(H,20,25). The molecule has 1 heterocycles. The van der Waals surface area contributed by atoms with E-state index in [-0.39, 0.29) is 18.3 Å². The molecule has 140 valence electrons. The number of anilines is 1. The Morgan fingerprint density at radius 2 is 1.96 bits per heavy atom. The van der Waals surface area contributed by atoms with Gasteiger partial charge in [0.2, 0.25) is 11.7 Å². The Kier molecular flexibility index (Phi) is 5.60. The zero-order valence-electron chi connectivity index (χ0n) is 14.8. The highest BCUT2D eigenvalue weighted by Crippen LogP contribution is 2.31. The zero-order chi connectivity index (χ0) is 19.2. The molecule has 9 heteroatoms. The number of ether oxygens (including phenoxy) is 2. The summed E-state index contributed by atoms with van der Waals surface area (Å²) >= 11 is 0. The van der Waals surface area contributed by atoms with Crippen molar-refractivity contribution in [3.05, 3.63) is 48.3 Å². The van der Waals surface area contributed by atoms with E-state index in [1.165, 1.54) is 29.1 Å². The van der Waals surface area contributed by atoms with Crippen molar-refractivity contribution in [2.24, 2.45) is 0 Å². The SMILES string of the molecule is CCOc1cc(-c2nnn(CC(=O)Nc3ccc(F)cc3)n2)ccc1OC. The molecule has 0 spiro atoms. The van der Waals surface area contributed by atoms with Crippen LogP contribution in [-0.2, 0) is 11.3 Å². The van der Waals surface area contributed by atoms with Crippen molar-refractivity contribution in [1.29, 1.82) is 0 Å². The van der Waals surface area contributed by atoms with Crippen LogP contribution in [0, 0.1) is 5.82 Å². The first kappa shape index (κ1) is 18.3. The molecule has 0 atom stereocenters. The molecule has 1 N–H and O–H groups in total. The van der Waals surface area contributed by atoms with E-state index < -0.39 is 0 Å². The van der Waals surface area contributed by atoms with Crippen molar-refractivity contribution in [3.63, 3.8) is 0 Å². The van der Waals surface area contributed by atoms with Gasteiger partial charge in [-0.25, -0.2) is 4.39 Å². The van der Waals surface area contributed by atoms with Crippen LogP contribution in [0.3, 0.4) is 0 Å². The number of carbonyl (C=O) groups is 1. The Morgan fingerprint density at radius 3 is 2.67 bits per heavy atom. The molecular weight excluding hydrogens is 353 g/mol. The Balaban J connectivity index is 1.70. The Labute approximate surface area is 154 Å². The van der Waals surface area contributed by atoms with E-state index in [1.54, 1.807) is 25.3 Å². The van der Waals surface area contributed by atoms with Crippen LogP contribution in [0.2, 0.25) is 0 Å². The number of carbonyl (C=O) groups excluding carboxylic acids is 1. The van der Waals surface area contributed by atoms with Gasteiger partial charge in [-0.2, -0.15) is 4.80 Å². The minimum absolute atomic E-state index is 0.126. The first-order valence-corrected chi connectivity index (χ1v) is 8.23. The van der Waals surface area contributed by atoms with Crippen molar-refractivity contribution in [2.75, 3.05) is 19.0 Å². The number of aromatic nitrogens is 4. The molecule has 0 saturated heterocycles. The van der Waals surface area contributed by atoms with E-state index in [9.17, 15) is 9.18 Å². The molecule has 1 aromatic heterocycles. The maximum atomic E-state index is 12.9. The van der Waals surface area contributed by atoms with Crippen LogP contribution in [0.5, 0.6) is 11.5 Å². The summed E-state index contributed by atoms with van der Waals surface area (Å²) in [6.07, 6.45) is 0. The molecule has 0 unspecified atom stereocenters. The molecule has 0 saturated carbocycles. The van der Waals surface area contributed by atoms with Crippen LogP contribution in [0.1, 0.15) is 6.92 Å². The number of nitrogens with one attached hydrogen (secondary N) is 1. The van der Waals surface area contributed by atoms with Gasteiger partial charge in [0.05, 0.1) is 13.7 Å². The molecule has 0 radical (unpaired) electrons. The van der Waals surface area contributed by atoms with Gasteiger partial charge in [0.15, 0.2) is 11.5 Å². The zero-order valence-corrected chi connectivity index (χ0v) is 14.8.